The SMILES string of the molecule is C=CCCC(C1=CCC=C1)(c1ccccc1)C1C(=C/C)/C(=C\C)c2ccc(C(C)(C)C)cc21. The minimum atomic E-state index is -0.139. The first-order valence-electron chi connectivity index (χ1n) is 12.4. The van der Waals surface area contributed by atoms with Crippen molar-refractivity contribution < 1.29 is 0 Å². The van der Waals surface area contributed by atoms with E-state index in [1.165, 1.54) is 39.0 Å². The van der Waals surface area contributed by atoms with Gasteiger partial charge in [-0.25, -0.2) is 0 Å². The van der Waals surface area contributed by atoms with Crippen LogP contribution in [0.25, 0.3) is 5.57 Å². The molecule has 2 aliphatic carbocycles. The van der Waals surface area contributed by atoms with E-state index in [1.54, 1.807) is 0 Å². The van der Waals surface area contributed by atoms with Gasteiger partial charge in [0.2, 0.25) is 0 Å². The first-order valence-corrected chi connectivity index (χ1v) is 12.4. The van der Waals surface area contributed by atoms with Gasteiger partial charge < -0.3 is 0 Å². The molecule has 4 rings (SSSR count). The zero-order valence-electron chi connectivity index (χ0n) is 21.0. The molecule has 0 nitrogen and oxygen atoms in total. The van der Waals surface area contributed by atoms with Gasteiger partial charge in [-0.1, -0.05) is 106 Å². The van der Waals surface area contributed by atoms with Gasteiger partial charge in [0.15, 0.2) is 0 Å². The number of hydrogen-bond acceptors (Lipinski definition) is 0. The van der Waals surface area contributed by atoms with Crippen LogP contribution in [0.15, 0.2) is 103 Å². The van der Waals surface area contributed by atoms with Crippen molar-refractivity contribution in [2.45, 2.75) is 70.6 Å². The first kappa shape index (κ1) is 23.3. The third kappa shape index (κ3) is 3.90. The Kier molecular flexibility index (Phi) is 6.48. The van der Waals surface area contributed by atoms with E-state index in [0.29, 0.717) is 0 Å². The van der Waals surface area contributed by atoms with Crippen LogP contribution in [0, 0.1) is 0 Å². The van der Waals surface area contributed by atoms with Gasteiger partial charge in [-0.3, -0.25) is 0 Å². The summed E-state index contributed by atoms with van der Waals surface area (Å²) in [5.41, 5.74) is 9.93. The van der Waals surface area contributed by atoms with Crippen molar-refractivity contribution in [3.63, 3.8) is 0 Å². The number of rotatable bonds is 6. The van der Waals surface area contributed by atoms with Gasteiger partial charge in [0, 0.05) is 11.3 Å². The van der Waals surface area contributed by atoms with Gasteiger partial charge in [-0.15, -0.1) is 6.58 Å². The van der Waals surface area contributed by atoms with Crippen LogP contribution in [0.3, 0.4) is 0 Å². The maximum Gasteiger partial charge on any atom is 0.0312 e. The molecule has 0 N–H and O–H groups in total. The molecule has 0 aliphatic heterocycles. The van der Waals surface area contributed by atoms with Crippen molar-refractivity contribution in [1.29, 1.82) is 0 Å². The summed E-state index contributed by atoms with van der Waals surface area (Å²) in [4.78, 5) is 0. The average molecular weight is 435 g/mol. The summed E-state index contributed by atoms with van der Waals surface area (Å²) in [6, 6.07) is 18.4. The Labute approximate surface area is 201 Å². The second-order valence-corrected chi connectivity index (χ2v) is 10.4. The molecule has 0 aromatic heterocycles. The Morgan fingerprint density at radius 1 is 0.970 bits per heavy atom. The Morgan fingerprint density at radius 3 is 2.30 bits per heavy atom. The Morgan fingerprint density at radius 2 is 1.73 bits per heavy atom. The molecule has 2 atom stereocenters. The van der Waals surface area contributed by atoms with Crippen molar-refractivity contribution in [3.8, 4) is 0 Å². The monoisotopic (exact) mass is 434 g/mol. The van der Waals surface area contributed by atoms with Gasteiger partial charge in [0.25, 0.3) is 0 Å². The van der Waals surface area contributed by atoms with Crippen LogP contribution in [-0.2, 0) is 10.8 Å². The van der Waals surface area contributed by atoms with E-state index in [9.17, 15) is 0 Å². The molecule has 170 valence electrons. The molecule has 2 unspecified atom stereocenters. The normalized spacial score (nSPS) is 21.8. The maximum atomic E-state index is 4.11. The first-order chi connectivity index (χ1) is 15.9. The Hall–Kier alpha value is -2.86. The molecule has 2 aliphatic rings. The predicted molar refractivity (Wildman–Crippen MR) is 145 cm³/mol. The third-order valence-electron chi connectivity index (χ3n) is 7.55. The highest BCUT2D eigenvalue weighted by Gasteiger charge is 2.49. The quantitative estimate of drug-likeness (QED) is 0.397. The van der Waals surface area contributed by atoms with Gasteiger partial charge in [-0.2, -0.15) is 0 Å². The number of fused-ring (bicyclic) bond motifs is 1. The fraction of sp³-hybridized carbons (Fsp3) is 0.333. The van der Waals surface area contributed by atoms with Crippen LogP contribution in [0.2, 0.25) is 0 Å². The molecule has 0 heteroatoms. The summed E-state index contributed by atoms with van der Waals surface area (Å²) in [5.74, 6) is 0.266. The van der Waals surface area contributed by atoms with Gasteiger partial charge in [0.05, 0.1) is 0 Å². The molecule has 0 spiro atoms. The maximum absolute atomic E-state index is 4.11. The van der Waals surface area contributed by atoms with Gasteiger partial charge in [0.1, 0.15) is 0 Å². The van der Waals surface area contributed by atoms with Crippen LogP contribution < -0.4 is 0 Å². The molecule has 0 saturated carbocycles. The fourth-order valence-electron chi connectivity index (χ4n) is 5.95. The molecule has 0 fully saturated rings. The molecule has 0 saturated heterocycles. The van der Waals surface area contributed by atoms with Crippen molar-refractivity contribution in [2.75, 3.05) is 0 Å². The summed E-state index contributed by atoms with van der Waals surface area (Å²) in [6.45, 7) is 15.5. The topological polar surface area (TPSA) is 0 Å². The molecule has 0 amide bonds. The summed E-state index contributed by atoms with van der Waals surface area (Å²) < 4.78 is 0. The summed E-state index contributed by atoms with van der Waals surface area (Å²) in [7, 11) is 0. The predicted octanol–water partition coefficient (Wildman–Crippen LogP) is 9.22. The lowest BCUT2D eigenvalue weighted by atomic mass is 9.60. The molecule has 0 bridgehead atoms. The van der Waals surface area contributed by atoms with Crippen molar-refractivity contribution in [2.24, 2.45) is 0 Å². The van der Waals surface area contributed by atoms with Crippen molar-refractivity contribution >= 4 is 5.57 Å². The van der Waals surface area contributed by atoms with E-state index in [2.05, 4.69) is 126 Å². The van der Waals surface area contributed by atoms with E-state index < -0.39 is 0 Å². The zero-order valence-corrected chi connectivity index (χ0v) is 21.0. The molecule has 2 aromatic carbocycles. The standard InChI is InChI=1S/C33H38/c1-7-10-22-33(25-18-14-15-19-25,24-16-12-11-13-17-24)31-28(9-3)27(8-2)29-21-20-26(23-30(29)31)32(4,5)6/h7-9,11-14,16-21,23,31H,1,10,15,22H2,2-6H3/b27-8+,28-9+. The largest absolute Gasteiger partial charge is 0.103 e. The van der Waals surface area contributed by atoms with Crippen LogP contribution >= 0.6 is 0 Å². The minimum absolute atomic E-state index is 0.109. The molecular weight excluding hydrogens is 396 g/mol. The molecule has 0 radical (unpaired) electrons. The van der Waals surface area contributed by atoms with Crippen LogP contribution in [0.5, 0.6) is 0 Å². The molecule has 2 aromatic rings. The third-order valence-corrected chi connectivity index (χ3v) is 7.55. The van der Waals surface area contributed by atoms with Crippen molar-refractivity contribution in [1.82, 2.24) is 0 Å². The summed E-state index contributed by atoms with van der Waals surface area (Å²) >= 11 is 0. The summed E-state index contributed by atoms with van der Waals surface area (Å²) in [5, 5.41) is 0. The lowest BCUT2D eigenvalue weighted by molar-refractivity contribution is 0.425. The van der Waals surface area contributed by atoms with Crippen molar-refractivity contribution in [3.05, 3.63) is 125 Å². The van der Waals surface area contributed by atoms with E-state index in [-0.39, 0.29) is 16.7 Å². The highest BCUT2D eigenvalue weighted by molar-refractivity contribution is 5.89. The highest BCUT2D eigenvalue weighted by Crippen LogP contribution is 2.60. The molecule has 0 heterocycles. The lowest BCUT2D eigenvalue weighted by Gasteiger charge is -2.42. The van der Waals surface area contributed by atoms with E-state index >= 15 is 0 Å². The van der Waals surface area contributed by atoms with Crippen LogP contribution in [0.1, 0.15) is 82.1 Å². The Balaban J connectivity index is 2.09. The lowest BCUT2D eigenvalue weighted by Crippen LogP contribution is -2.35. The van der Waals surface area contributed by atoms with Gasteiger partial charge >= 0.3 is 0 Å². The second-order valence-electron chi connectivity index (χ2n) is 10.4. The number of allylic oxidation sites excluding steroid dienone is 9. The smallest absolute Gasteiger partial charge is 0.0312 e. The van der Waals surface area contributed by atoms with Crippen LogP contribution in [0.4, 0.5) is 0 Å². The number of benzene rings is 2. The second kappa shape index (κ2) is 9.18. The molecular formula is C33H38. The summed E-state index contributed by atoms with van der Waals surface area (Å²) in [6.07, 6.45) is 16.9. The van der Waals surface area contributed by atoms with Gasteiger partial charge in [-0.05, 0) is 77.5 Å². The van der Waals surface area contributed by atoms with E-state index in [1.807, 2.05) is 0 Å². The fourth-order valence-corrected chi connectivity index (χ4v) is 5.95. The average Bonchev–Trinajstić information content (AvgIpc) is 3.46. The van der Waals surface area contributed by atoms with Crippen LogP contribution in [-0.4, -0.2) is 0 Å². The Bertz CT molecular complexity index is 1140. The molecule has 33 heavy (non-hydrogen) atoms. The minimum Gasteiger partial charge on any atom is -0.103 e. The highest BCUT2D eigenvalue weighted by atomic mass is 14.5. The van der Waals surface area contributed by atoms with E-state index in [4.69, 9.17) is 0 Å². The van der Waals surface area contributed by atoms with E-state index in [0.717, 1.165) is 19.3 Å². The zero-order chi connectivity index (χ0) is 23.6. The number of hydrogen-bond donors (Lipinski definition) is 0.